The Kier molecular flexibility index (Phi) is 3.58. The summed E-state index contributed by atoms with van der Waals surface area (Å²) in [5.41, 5.74) is -0.265. The molecule has 27 heavy (non-hydrogen) atoms. The molecule has 2 aliphatic carbocycles. The first kappa shape index (κ1) is 17.0. The highest BCUT2D eigenvalue weighted by Crippen LogP contribution is 2.59. The van der Waals surface area contributed by atoms with Gasteiger partial charge in [0.25, 0.3) is 0 Å². The Morgan fingerprint density at radius 2 is 2.15 bits per heavy atom. The summed E-state index contributed by atoms with van der Waals surface area (Å²) in [6.07, 6.45) is -0.836. The van der Waals surface area contributed by atoms with E-state index in [0.29, 0.717) is 32.8 Å². The van der Waals surface area contributed by atoms with Gasteiger partial charge in [-0.3, -0.25) is 9.48 Å². The van der Waals surface area contributed by atoms with E-state index in [4.69, 9.17) is 13.9 Å². The molecule has 1 atom stereocenters. The number of ether oxygens (including phenoxy) is 2. The van der Waals surface area contributed by atoms with Crippen molar-refractivity contribution >= 4 is 6.29 Å². The molecule has 5 rings (SSSR count). The second-order valence-corrected chi connectivity index (χ2v) is 7.39. The molecule has 0 bridgehead atoms. The first-order valence-electron chi connectivity index (χ1n) is 8.87. The molecule has 0 amide bonds. The third kappa shape index (κ3) is 2.63. The van der Waals surface area contributed by atoms with Crippen LogP contribution in [0.1, 0.15) is 40.3 Å². The number of fused-ring (bicyclic) bond motifs is 4. The third-order valence-corrected chi connectivity index (χ3v) is 5.60. The number of carbonyl (C=O) groups excluding carboxylic acids is 1. The van der Waals surface area contributed by atoms with Crippen LogP contribution in [0.3, 0.4) is 0 Å². The summed E-state index contributed by atoms with van der Waals surface area (Å²) < 4.78 is 58.9. The summed E-state index contributed by atoms with van der Waals surface area (Å²) in [5, 5.41) is 4.45. The van der Waals surface area contributed by atoms with Crippen molar-refractivity contribution in [3.63, 3.8) is 0 Å². The topological polar surface area (TPSA) is 66.5 Å². The van der Waals surface area contributed by atoms with Gasteiger partial charge in [0.05, 0.1) is 31.9 Å². The first-order valence-corrected chi connectivity index (χ1v) is 8.87. The van der Waals surface area contributed by atoms with Gasteiger partial charge in [0.2, 0.25) is 0 Å². The zero-order chi connectivity index (χ0) is 18.8. The van der Waals surface area contributed by atoms with Gasteiger partial charge in [-0.25, -0.2) is 0 Å². The van der Waals surface area contributed by atoms with Crippen molar-refractivity contribution < 1.29 is 31.9 Å². The molecular formula is C18H17F3N2O4. The maximum Gasteiger partial charge on any atom is 0.420 e. The lowest BCUT2D eigenvalue weighted by molar-refractivity contribution is -0.137. The Labute approximate surface area is 152 Å². The summed E-state index contributed by atoms with van der Waals surface area (Å²) in [6, 6.07) is 0. The molecule has 2 aromatic rings. The molecule has 3 heterocycles. The second kappa shape index (κ2) is 5.68. The van der Waals surface area contributed by atoms with Crippen molar-refractivity contribution in [2.45, 2.75) is 43.5 Å². The van der Waals surface area contributed by atoms with E-state index < -0.39 is 17.5 Å². The highest BCUT2D eigenvalue weighted by molar-refractivity contribution is 5.84. The molecule has 1 spiro atoms. The molecule has 1 saturated heterocycles. The fourth-order valence-corrected chi connectivity index (χ4v) is 4.17. The third-order valence-electron chi connectivity index (χ3n) is 5.60. The average molecular weight is 382 g/mol. The second-order valence-electron chi connectivity index (χ2n) is 7.39. The molecule has 0 radical (unpaired) electrons. The Balaban J connectivity index is 1.61. The number of aldehydes is 1. The quantitative estimate of drug-likeness (QED) is 0.764. The maximum absolute atomic E-state index is 13.6. The highest BCUT2D eigenvalue weighted by Gasteiger charge is 2.54. The normalized spacial score (nSPS) is 23.1. The lowest BCUT2D eigenvalue weighted by atomic mass is 9.82. The van der Waals surface area contributed by atoms with Crippen LogP contribution in [0, 0.1) is 0 Å². The van der Waals surface area contributed by atoms with Gasteiger partial charge in [0, 0.05) is 23.6 Å². The van der Waals surface area contributed by atoms with Crippen LogP contribution < -0.4 is 0 Å². The van der Waals surface area contributed by atoms with Crippen molar-refractivity contribution in [2.75, 3.05) is 19.8 Å². The van der Waals surface area contributed by atoms with Crippen LogP contribution in [-0.4, -0.2) is 42.0 Å². The van der Waals surface area contributed by atoms with Gasteiger partial charge in [0.15, 0.2) is 12.0 Å². The molecule has 9 heteroatoms. The molecule has 6 nitrogen and oxygen atoms in total. The molecular weight excluding hydrogens is 365 g/mol. The minimum atomic E-state index is -4.69. The smallest absolute Gasteiger partial charge is 0.420 e. The SMILES string of the molecule is O=Cc1oc2c(c1C(F)(F)F)-c1nn(CC3COCCO3)cc1C1(CC1)C2. The predicted molar refractivity (Wildman–Crippen MR) is 85.5 cm³/mol. The van der Waals surface area contributed by atoms with Gasteiger partial charge in [-0.2, -0.15) is 18.3 Å². The summed E-state index contributed by atoms with van der Waals surface area (Å²) in [6.45, 7) is 1.85. The fraction of sp³-hybridized carbons (Fsp3) is 0.556. The van der Waals surface area contributed by atoms with Crippen molar-refractivity contribution in [3.05, 3.63) is 28.8 Å². The Bertz CT molecular complexity index is 905. The number of hydrogen-bond acceptors (Lipinski definition) is 5. The number of rotatable bonds is 3. The summed E-state index contributed by atoms with van der Waals surface area (Å²) in [7, 11) is 0. The van der Waals surface area contributed by atoms with Crippen molar-refractivity contribution in [1.29, 1.82) is 0 Å². The van der Waals surface area contributed by atoms with Gasteiger partial charge in [-0.15, -0.1) is 0 Å². The van der Waals surface area contributed by atoms with Crippen molar-refractivity contribution in [3.8, 4) is 11.3 Å². The van der Waals surface area contributed by atoms with Gasteiger partial charge in [-0.05, 0) is 12.8 Å². The van der Waals surface area contributed by atoms with E-state index in [1.807, 2.05) is 6.20 Å². The zero-order valence-electron chi connectivity index (χ0n) is 14.3. The number of hydrogen-bond donors (Lipinski definition) is 0. The monoisotopic (exact) mass is 382 g/mol. The maximum atomic E-state index is 13.6. The predicted octanol–water partition coefficient (Wildman–Crippen LogP) is 2.98. The molecule has 0 aromatic carbocycles. The van der Waals surface area contributed by atoms with Crippen LogP contribution in [-0.2, 0) is 34.0 Å². The summed E-state index contributed by atoms with van der Waals surface area (Å²) >= 11 is 0. The van der Waals surface area contributed by atoms with Gasteiger partial charge in [0.1, 0.15) is 23.1 Å². The largest absolute Gasteiger partial charge is 0.457 e. The zero-order valence-corrected chi connectivity index (χ0v) is 14.3. The number of carbonyl (C=O) groups is 1. The van der Waals surface area contributed by atoms with Crippen LogP contribution in [0.25, 0.3) is 11.3 Å². The van der Waals surface area contributed by atoms with Crippen LogP contribution in [0.2, 0.25) is 0 Å². The molecule has 1 unspecified atom stereocenters. The molecule has 1 aliphatic heterocycles. The standard InChI is InChI=1S/C18H17F3N2O4/c19-18(20,21)15-13(8-24)27-12-5-17(1-2-17)11-7-23(22-16(11)14(12)15)6-10-9-25-3-4-26-10/h7-8,10H,1-6,9H2. The molecule has 1 saturated carbocycles. The molecule has 2 fully saturated rings. The van der Waals surface area contributed by atoms with E-state index in [9.17, 15) is 18.0 Å². The Hall–Kier alpha value is -2.13. The van der Waals surface area contributed by atoms with Gasteiger partial charge < -0.3 is 13.9 Å². The molecule has 2 aromatic heterocycles. The van der Waals surface area contributed by atoms with Crippen LogP contribution >= 0.6 is 0 Å². The van der Waals surface area contributed by atoms with Gasteiger partial charge >= 0.3 is 6.18 Å². The van der Waals surface area contributed by atoms with E-state index in [1.165, 1.54) is 0 Å². The molecule has 3 aliphatic rings. The number of alkyl halides is 3. The Morgan fingerprint density at radius 1 is 1.33 bits per heavy atom. The van der Waals surface area contributed by atoms with E-state index >= 15 is 0 Å². The molecule has 0 N–H and O–H groups in total. The van der Waals surface area contributed by atoms with E-state index in [1.54, 1.807) is 4.68 Å². The van der Waals surface area contributed by atoms with E-state index in [0.717, 1.165) is 18.4 Å². The Morgan fingerprint density at radius 3 is 2.78 bits per heavy atom. The van der Waals surface area contributed by atoms with Gasteiger partial charge in [-0.1, -0.05) is 0 Å². The number of nitrogens with zero attached hydrogens (tertiary/aromatic N) is 2. The van der Waals surface area contributed by atoms with Crippen molar-refractivity contribution in [2.24, 2.45) is 0 Å². The van der Waals surface area contributed by atoms with Crippen LogP contribution in [0.15, 0.2) is 10.6 Å². The van der Waals surface area contributed by atoms with E-state index in [-0.39, 0.29) is 34.8 Å². The number of halogens is 3. The minimum absolute atomic E-state index is 0.0864. The number of furan rings is 1. The van der Waals surface area contributed by atoms with Crippen molar-refractivity contribution in [1.82, 2.24) is 9.78 Å². The first-order chi connectivity index (χ1) is 12.9. The average Bonchev–Trinajstić information content (AvgIpc) is 3.09. The summed E-state index contributed by atoms with van der Waals surface area (Å²) in [5.74, 6) is -0.466. The molecule has 144 valence electrons. The fourth-order valence-electron chi connectivity index (χ4n) is 4.17. The van der Waals surface area contributed by atoms with Crippen LogP contribution in [0.4, 0.5) is 13.2 Å². The lowest BCUT2D eigenvalue weighted by Gasteiger charge is -2.22. The van der Waals surface area contributed by atoms with Crippen LogP contribution in [0.5, 0.6) is 0 Å². The minimum Gasteiger partial charge on any atom is -0.457 e. The van der Waals surface area contributed by atoms with E-state index in [2.05, 4.69) is 5.10 Å². The lowest BCUT2D eigenvalue weighted by Crippen LogP contribution is -2.32. The number of aromatic nitrogens is 2. The summed E-state index contributed by atoms with van der Waals surface area (Å²) in [4.78, 5) is 11.2. The highest BCUT2D eigenvalue weighted by atomic mass is 19.4.